The lowest BCUT2D eigenvalue weighted by Gasteiger charge is -2.22. The van der Waals surface area contributed by atoms with Gasteiger partial charge in [0, 0.05) is 19.4 Å². The highest BCUT2D eigenvalue weighted by molar-refractivity contribution is 5.92. The fraction of sp³-hybridized carbons (Fsp3) is 0.485. The number of amides is 4. The molecule has 1 saturated carbocycles. The van der Waals surface area contributed by atoms with Gasteiger partial charge in [0.05, 0.1) is 26.0 Å². The summed E-state index contributed by atoms with van der Waals surface area (Å²) in [6.45, 7) is 15.5. The second-order valence-corrected chi connectivity index (χ2v) is 10.7. The molecule has 11 heteroatoms. The Hall–Kier alpha value is -4.37. The van der Waals surface area contributed by atoms with Gasteiger partial charge in [-0.25, -0.2) is 9.59 Å². The number of carbonyl (C=O) groups excluding carboxylic acids is 4. The molecule has 0 aromatic heterocycles. The molecular weight excluding hydrogens is 567 g/mol. The predicted molar refractivity (Wildman–Crippen MR) is 169 cm³/mol. The van der Waals surface area contributed by atoms with E-state index in [4.69, 9.17) is 9.47 Å². The van der Waals surface area contributed by atoms with E-state index in [1.807, 2.05) is 50.3 Å². The zero-order valence-electron chi connectivity index (χ0n) is 26.9. The molecule has 3 aliphatic rings. The molecule has 0 bridgehead atoms. The number of ether oxygens (including phenoxy) is 2. The highest BCUT2D eigenvalue weighted by atomic mass is 19.1. The molecule has 0 aromatic rings. The summed E-state index contributed by atoms with van der Waals surface area (Å²) in [5.41, 5.74) is 3.09. The van der Waals surface area contributed by atoms with Gasteiger partial charge in [0.2, 0.25) is 11.8 Å². The van der Waals surface area contributed by atoms with E-state index in [1.54, 1.807) is 39.0 Å². The first-order chi connectivity index (χ1) is 20.9. The molecule has 2 atom stereocenters. The highest BCUT2D eigenvalue weighted by Crippen LogP contribution is 2.35. The van der Waals surface area contributed by atoms with Crippen molar-refractivity contribution in [1.29, 1.82) is 0 Å². The summed E-state index contributed by atoms with van der Waals surface area (Å²) < 4.78 is 20.1. The van der Waals surface area contributed by atoms with E-state index < -0.39 is 29.4 Å². The molecule has 1 heterocycles. The number of nitrogens with one attached hydrogen (secondary N) is 3. The Kier molecular flexibility index (Phi) is 15.7. The van der Waals surface area contributed by atoms with Gasteiger partial charge in [-0.05, 0) is 51.3 Å². The lowest BCUT2D eigenvalue weighted by atomic mass is 9.97. The minimum atomic E-state index is -0.892. The number of halogens is 1. The van der Waals surface area contributed by atoms with Crippen molar-refractivity contribution >= 4 is 24.0 Å². The van der Waals surface area contributed by atoms with Gasteiger partial charge in [0.25, 0.3) is 0 Å². The van der Waals surface area contributed by atoms with Crippen LogP contribution >= 0.6 is 0 Å². The second kappa shape index (κ2) is 18.3. The number of alkyl halides is 1. The second-order valence-electron chi connectivity index (χ2n) is 10.7. The third kappa shape index (κ3) is 12.5. The molecule has 10 nitrogen and oxygen atoms in total. The largest absolute Gasteiger partial charge is 0.444 e. The quantitative estimate of drug-likeness (QED) is 0.167. The van der Waals surface area contributed by atoms with Crippen molar-refractivity contribution in [1.82, 2.24) is 20.9 Å². The van der Waals surface area contributed by atoms with Crippen molar-refractivity contribution in [3.05, 3.63) is 78.3 Å². The van der Waals surface area contributed by atoms with Crippen LogP contribution in [0.4, 0.5) is 14.0 Å². The molecule has 3 N–H and O–H groups in total. The van der Waals surface area contributed by atoms with E-state index in [2.05, 4.69) is 28.3 Å². The van der Waals surface area contributed by atoms with Crippen LogP contribution in [0.5, 0.6) is 0 Å². The van der Waals surface area contributed by atoms with Gasteiger partial charge in [-0.15, -0.1) is 6.58 Å². The lowest BCUT2D eigenvalue weighted by Crippen LogP contribution is -2.50. The van der Waals surface area contributed by atoms with Crippen LogP contribution in [-0.2, 0) is 19.1 Å². The first kappa shape index (κ1) is 37.7. The molecule has 2 unspecified atom stereocenters. The normalized spacial score (nSPS) is 18.8. The number of rotatable bonds is 11. The van der Waals surface area contributed by atoms with E-state index in [1.165, 1.54) is 11.8 Å². The summed E-state index contributed by atoms with van der Waals surface area (Å²) >= 11 is 0. The van der Waals surface area contributed by atoms with Crippen LogP contribution in [0, 0.1) is 5.92 Å². The molecule has 242 valence electrons. The zero-order chi connectivity index (χ0) is 33.3. The monoisotopic (exact) mass is 614 g/mol. The Balaban J connectivity index is 0.00000232. The molecular formula is C33H47FN4O6. The Bertz CT molecular complexity index is 1220. The Morgan fingerprint density at radius 3 is 2.48 bits per heavy atom. The maximum atomic E-state index is 12.6. The standard InChI is InChI=1S/C30H38N4O6.C2H6.CH3F/c1-6-22(11-8-7-9-18-31-26(36)30(16-17-30)33-27(37)40-29(3,4)5)23-12-10-13-24(15-14-23)34-20-25(39-28(34)38)19-32-21(2)35;2*1-2/h6-12,14-15,22,25H,1,16-20H2,2-5H3,(H,31,36)(H,32,35)(H,33,37);1-2H3;1H3/b9-7+,11-8?;;. The average molecular weight is 615 g/mol. The van der Waals surface area contributed by atoms with Crippen LogP contribution in [0.15, 0.2) is 78.3 Å². The molecule has 4 amide bonds. The molecule has 0 aromatic carbocycles. The Morgan fingerprint density at radius 1 is 1.20 bits per heavy atom. The van der Waals surface area contributed by atoms with Crippen LogP contribution in [-0.4, -0.2) is 73.0 Å². The Labute approximate surface area is 260 Å². The van der Waals surface area contributed by atoms with Crippen LogP contribution in [0.25, 0.3) is 0 Å². The minimum Gasteiger partial charge on any atom is -0.444 e. The first-order valence-corrected chi connectivity index (χ1v) is 14.6. The molecule has 2 aliphatic carbocycles. The van der Waals surface area contributed by atoms with E-state index in [9.17, 15) is 23.6 Å². The van der Waals surface area contributed by atoms with E-state index >= 15 is 0 Å². The molecule has 0 spiro atoms. The topological polar surface area (TPSA) is 126 Å². The van der Waals surface area contributed by atoms with Gasteiger partial charge in [0.1, 0.15) is 17.2 Å². The van der Waals surface area contributed by atoms with Gasteiger partial charge in [-0.1, -0.05) is 62.1 Å². The fourth-order valence-corrected chi connectivity index (χ4v) is 3.98. The predicted octanol–water partition coefficient (Wildman–Crippen LogP) is 5.18. The molecule has 44 heavy (non-hydrogen) atoms. The number of alkyl carbamates (subject to hydrolysis) is 1. The summed E-state index contributed by atoms with van der Waals surface area (Å²) in [7, 11) is 0.500. The van der Waals surface area contributed by atoms with Crippen LogP contribution < -0.4 is 16.0 Å². The number of nitrogens with zero attached hydrogens (tertiary/aromatic N) is 1. The fourth-order valence-electron chi connectivity index (χ4n) is 3.98. The number of hydrogen-bond acceptors (Lipinski definition) is 6. The third-order valence-electron chi connectivity index (χ3n) is 6.19. The maximum absolute atomic E-state index is 12.6. The summed E-state index contributed by atoms with van der Waals surface area (Å²) in [4.78, 5) is 49.5. The summed E-state index contributed by atoms with van der Waals surface area (Å²) in [5.74, 6) is -0.513. The summed E-state index contributed by atoms with van der Waals surface area (Å²) in [6.07, 6.45) is 16.2. The van der Waals surface area contributed by atoms with E-state index in [0.717, 1.165) is 5.57 Å². The van der Waals surface area contributed by atoms with Gasteiger partial charge in [-0.2, -0.15) is 0 Å². The van der Waals surface area contributed by atoms with Crippen LogP contribution in [0.2, 0.25) is 0 Å². The number of cyclic esters (lactones) is 1. The molecule has 1 saturated heterocycles. The van der Waals surface area contributed by atoms with Gasteiger partial charge >= 0.3 is 12.2 Å². The van der Waals surface area contributed by atoms with Gasteiger partial charge in [-0.3, -0.25) is 18.9 Å². The average Bonchev–Trinajstić information content (AvgIpc) is 3.72. The van der Waals surface area contributed by atoms with E-state index in [0.29, 0.717) is 38.8 Å². The summed E-state index contributed by atoms with van der Waals surface area (Å²) in [5, 5.41) is 8.17. The SMILES string of the molecule is C=CC(C=C/C=C/CNC(=O)C1(NC(=O)OC(C)(C)C)CC1)C1=CC=C=C(N2CC(CNC(C)=O)OC2=O)C=C1.CC.CF. The van der Waals surface area contributed by atoms with Crippen molar-refractivity contribution < 1.29 is 33.0 Å². The van der Waals surface area contributed by atoms with Gasteiger partial charge < -0.3 is 25.4 Å². The smallest absolute Gasteiger partial charge is 0.415 e. The van der Waals surface area contributed by atoms with Crippen molar-refractivity contribution in [2.45, 2.75) is 71.6 Å². The molecule has 0 radical (unpaired) electrons. The first-order valence-electron chi connectivity index (χ1n) is 14.6. The Morgan fingerprint density at radius 2 is 1.89 bits per heavy atom. The molecule has 2 fully saturated rings. The maximum Gasteiger partial charge on any atom is 0.415 e. The van der Waals surface area contributed by atoms with Crippen molar-refractivity contribution in [2.24, 2.45) is 5.92 Å². The highest BCUT2D eigenvalue weighted by Gasteiger charge is 2.51. The van der Waals surface area contributed by atoms with Crippen molar-refractivity contribution in [3.63, 3.8) is 0 Å². The number of allylic oxidation sites excluding steroid dienone is 8. The van der Waals surface area contributed by atoms with Gasteiger partial charge in [0.15, 0.2) is 0 Å². The lowest BCUT2D eigenvalue weighted by molar-refractivity contribution is -0.124. The minimum absolute atomic E-state index is 0.0984. The van der Waals surface area contributed by atoms with E-state index in [-0.39, 0.29) is 24.3 Å². The van der Waals surface area contributed by atoms with Crippen molar-refractivity contribution in [3.8, 4) is 0 Å². The van der Waals surface area contributed by atoms with Crippen molar-refractivity contribution in [2.75, 3.05) is 26.8 Å². The molecule has 1 aliphatic heterocycles. The number of hydrogen-bond donors (Lipinski definition) is 3. The van der Waals surface area contributed by atoms with Crippen LogP contribution in [0.1, 0.15) is 54.4 Å². The number of carbonyl (C=O) groups is 4. The summed E-state index contributed by atoms with van der Waals surface area (Å²) in [6, 6.07) is 0. The van der Waals surface area contributed by atoms with Crippen LogP contribution in [0.3, 0.4) is 0 Å². The third-order valence-corrected chi connectivity index (χ3v) is 6.19. The molecule has 3 rings (SSSR count). The zero-order valence-corrected chi connectivity index (χ0v) is 26.9.